The minimum absolute atomic E-state index is 0.297. The Labute approximate surface area is 123 Å². The van der Waals surface area contributed by atoms with E-state index in [4.69, 9.17) is 30.5 Å². The molecule has 0 aromatic heterocycles. The van der Waals surface area contributed by atoms with E-state index in [9.17, 15) is 4.79 Å². The lowest BCUT2D eigenvalue weighted by atomic mass is 10.2. The number of carbonyl (C=O) groups excluding carboxylic acids is 1. The maximum Gasteiger partial charge on any atom is 0.252 e. The average Bonchev–Trinajstić information content (AvgIpc) is 3.04. The van der Waals surface area contributed by atoms with Crippen LogP contribution < -0.4 is 14.2 Å². The molecule has 0 unspecified atom stereocenters. The van der Waals surface area contributed by atoms with Crippen molar-refractivity contribution in [1.82, 2.24) is 0 Å². The third-order valence-electron chi connectivity index (χ3n) is 2.72. The van der Waals surface area contributed by atoms with Gasteiger partial charge in [0.05, 0.1) is 21.3 Å². The second-order valence-corrected chi connectivity index (χ2v) is 4.35. The van der Waals surface area contributed by atoms with Crippen molar-refractivity contribution in [2.24, 2.45) is 0 Å². The summed E-state index contributed by atoms with van der Waals surface area (Å²) in [6.07, 6.45) is 2.56. The van der Waals surface area contributed by atoms with E-state index in [1.165, 1.54) is 46.3 Å². The zero-order chi connectivity index (χ0) is 15.0. The Balaban J connectivity index is 0.000000333. The van der Waals surface area contributed by atoms with E-state index in [-0.39, 0.29) is 0 Å². The lowest BCUT2D eigenvalue weighted by molar-refractivity contribution is 0.108. The SMILES string of the molecule is C1CCOC1.COc1cc(C(=O)Cl)cc(OC)c1OC. The van der Waals surface area contributed by atoms with Gasteiger partial charge in [0.2, 0.25) is 5.75 Å². The zero-order valence-electron chi connectivity index (χ0n) is 11.9. The van der Waals surface area contributed by atoms with Crippen LogP contribution in [0.3, 0.4) is 0 Å². The Hall–Kier alpha value is -1.46. The molecule has 1 fully saturated rings. The molecule has 0 saturated carbocycles. The lowest BCUT2D eigenvalue weighted by Gasteiger charge is -2.12. The number of ether oxygens (including phenoxy) is 4. The first kappa shape index (κ1) is 16.6. The molecule has 1 aliphatic rings. The van der Waals surface area contributed by atoms with Gasteiger partial charge in [0.1, 0.15) is 0 Å². The molecule has 20 heavy (non-hydrogen) atoms. The Bertz CT molecular complexity index is 411. The van der Waals surface area contributed by atoms with E-state index in [1.807, 2.05) is 0 Å². The first-order valence-corrected chi connectivity index (χ1v) is 6.59. The fraction of sp³-hybridized carbons (Fsp3) is 0.500. The molecule has 0 spiro atoms. The molecule has 0 atom stereocenters. The number of carbonyl (C=O) groups is 1. The summed E-state index contributed by atoms with van der Waals surface area (Å²) < 4.78 is 20.1. The molecular formula is C14H19ClO5. The molecule has 0 N–H and O–H groups in total. The van der Waals surface area contributed by atoms with Crippen LogP contribution in [0.2, 0.25) is 0 Å². The van der Waals surface area contributed by atoms with Gasteiger partial charge in [-0.3, -0.25) is 4.79 Å². The predicted molar refractivity (Wildman–Crippen MR) is 76.3 cm³/mol. The highest BCUT2D eigenvalue weighted by atomic mass is 35.5. The zero-order valence-corrected chi connectivity index (χ0v) is 12.7. The van der Waals surface area contributed by atoms with E-state index < -0.39 is 5.24 Å². The highest BCUT2D eigenvalue weighted by Crippen LogP contribution is 2.38. The summed E-state index contributed by atoms with van der Waals surface area (Å²) in [5.74, 6) is 1.24. The summed E-state index contributed by atoms with van der Waals surface area (Å²) in [7, 11) is 4.43. The monoisotopic (exact) mass is 302 g/mol. The minimum Gasteiger partial charge on any atom is -0.493 e. The minimum atomic E-state index is -0.575. The molecule has 1 aromatic rings. The van der Waals surface area contributed by atoms with Crippen molar-refractivity contribution in [3.05, 3.63) is 17.7 Å². The Kier molecular flexibility index (Phi) is 7.18. The van der Waals surface area contributed by atoms with Crippen molar-refractivity contribution in [3.8, 4) is 17.2 Å². The normalized spacial score (nSPS) is 13.2. The standard InChI is InChI=1S/C10H11ClO4.C4H8O/c1-13-7-4-6(10(11)12)5-8(14-2)9(7)15-3;1-2-4-5-3-1/h4-5H,1-3H3;1-4H2. The number of methoxy groups -OCH3 is 3. The smallest absolute Gasteiger partial charge is 0.252 e. The van der Waals surface area contributed by atoms with Crippen molar-refractivity contribution >= 4 is 16.8 Å². The third kappa shape index (κ3) is 4.58. The molecule has 0 radical (unpaired) electrons. The number of hydrogen-bond acceptors (Lipinski definition) is 5. The van der Waals surface area contributed by atoms with Crippen LogP contribution in [0.1, 0.15) is 23.2 Å². The van der Waals surface area contributed by atoms with Crippen molar-refractivity contribution in [2.75, 3.05) is 34.5 Å². The summed E-state index contributed by atoms with van der Waals surface area (Å²) in [6, 6.07) is 2.99. The van der Waals surface area contributed by atoms with Crippen LogP contribution in [0, 0.1) is 0 Å². The van der Waals surface area contributed by atoms with Crippen LogP contribution >= 0.6 is 11.6 Å². The maximum atomic E-state index is 11.0. The lowest BCUT2D eigenvalue weighted by Crippen LogP contribution is -1.98. The molecule has 2 rings (SSSR count). The van der Waals surface area contributed by atoms with Gasteiger partial charge in [-0.25, -0.2) is 0 Å². The number of rotatable bonds is 4. The quantitative estimate of drug-likeness (QED) is 0.801. The topological polar surface area (TPSA) is 54.0 Å². The van der Waals surface area contributed by atoms with Crippen LogP contribution in [0.25, 0.3) is 0 Å². The number of hydrogen-bond donors (Lipinski definition) is 0. The van der Waals surface area contributed by atoms with Gasteiger partial charge >= 0.3 is 0 Å². The largest absolute Gasteiger partial charge is 0.493 e. The van der Waals surface area contributed by atoms with Crippen molar-refractivity contribution in [3.63, 3.8) is 0 Å². The average molecular weight is 303 g/mol. The van der Waals surface area contributed by atoms with Crippen LogP contribution in [0.5, 0.6) is 17.2 Å². The first-order valence-electron chi connectivity index (χ1n) is 6.21. The summed E-state index contributed by atoms with van der Waals surface area (Å²) in [4.78, 5) is 11.0. The van der Waals surface area contributed by atoms with Gasteiger partial charge in [-0.05, 0) is 36.6 Å². The van der Waals surface area contributed by atoms with E-state index >= 15 is 0 Å². The summed E-state index contributed by atoms with van der Waals surface area (Å²) >= 11 is 5.37. The first-order chi connectivity index (χ1) is 9.63. The Morgan fingerprint density at radius 1 is 1.05 bits per heavy atom. The molecule has 6 heteroatoms. The third-order valence-corrected chi connectivity index (χ3v) is 2.94. The molecule has 1 saturated heterocycles. The van der Waals surface area contributed by atoms with Crippen LogP contribution in [-0.2, 0) is 4.74 Å². The fourth-order valence-electron chi connectivity index (χ4n) is 1.70. The number of halogens is 1. The van der Waals surface area contributed by atoms with Gasteiger partial charge in [-0.15, -0.1) is 0 Å². The van der Waals surface area contributed by atoms with Gasteiger partial charge in [0, 0.05) is 18.8 Å². The fourth-order valence-corrected chi connectivity index (χ4v) is 1.81. The summed E-state index contributed by atoms with van der Waals surface area (Å²) in [6.45, 7) is 2.00. The Morgan fingerprint density at radius 2 is 1.55 bits per heavy atom. The molecule has 0 bridgehead atoms. The van der Waals surface area contributed by atoms with Gasteiger partial charge in [-0.2, -0.15) is 0 Å². The molecule has 5 nitrogen and oxygen atoms in total. The number of benzene rings is 1. The molecule has 1 aliphatic heterocycles. The highest BCUT2D eigenvalue weighted by Gasteiger charge is 2.15. The van der Waals surface area contributed by atoms with Crippen LogP contribution in [0.4, 0.5) is 0 Å². The van der Waals surface area contributed by atoms with Gasteiger partial charge in [-0.1, -0.05) is 0 Å². The molecule has 1 heterocycles. The van der Waals surface area contributed by atoms with Gasteiger partial charge in [0.25, 0.3) is 5.24 Å². The van der Waals surface area contributed by atoms with E-state index in [0.717, 1.165) is 13.2 Å². The molecule has 1 aromatic carbocycles. The molecule has 0 amide bonds. The van der Waals surface area contributed by atoms with E-state index in [0.29, 0.717) is 22.8 Å². The summed E-state index contributed by atoms with van der Waals surface area (Å²) in [5, 5.41) is -0.575. The molecular weight excluding hydrogens is 284 g/mol. The van der Waals surface area contributed by atoms with Crippen molar-refractivity contribution in [1.29, 1.82) is 0 Å². The van der Waals surface area contributed by atoms with Gasteiger partial charge in [0.15, 0.2) is 11.5 Å². The Morgan fingerprint density at radius 3 is 1.80 bits per heavy atom. The van der Waals surface area contributed by atoms with Crippen LogP contribution in [0.15, 0.2) is 12.1 Å². The molecule has 0 aliphatic carbocycles. The van der Waals surface area contributed by atoms with Crippen LogP contribution in [-0.4, -0.2) is 39.8 Å². The second-order valence-electron chi connectivity index (χ2n) is 4.01. The highest BCUT2D eigenvalue weighted by molar-refractivity contribution is 6.67. The molecule has 112 valence electrons. The van der Waals surface area contributed by atoms with E-state index in [2.05, 4.69) is 0 Å². The van der Waals surface area contributed by atoms with E-state index in [1.54, 1.807) is 0 Å². The predicted octanol–water partition coefficient (Wildman–Crippen LogP) is 2.89. The second kappa shape index (κ2) is 8.66. The van der Waals surface area contributed by atoms with Crippen molar-refractivity contribution < 1.29 is 23.7 Å². The van der Waals surface area contributed by atoms with Crippen molar-refractivity contribution in [2.45, 2.75) is 12.8 Å². The van der Waals surface area contributed by atoms with Gasteiger partial charge < -0.3 is 18.9 Å². The summed E-state index contributed by atoms with van der Waals surface area (Å²) in [5.41, 5.74) is 0.297. The maximum absolute atomic E-state index is 11.0.